The summed E-state index contributed by atoms with van der Waals surface area (Å²) < 4.78 is 53.2. The number of alkyl halides is 3. The summed E-state index contributed by atoms with van der Waals surface area (Å²) in [7, 11) is 0. The molecule has 1 aromatic rings. The molecule has 0 bridgehead atoms. The maximum Gasteiger partial charge on any atom is 0.416 e. The maximum atomic E-state index is 12.7. The van der Waals surface area contributed by atoms with E-state index in [1.54, 1.807) is 0 Å². The van der Waals surface area contributed by atoms with Crippen molar-refractivity contribution in [3.8, 4) is 5.75 Å². The van der Waals surface area contributed by atoms with Gasteiger partial charge >= 0.3 is 12.3 Å². The summed E-state index contributed by atoms with van der Waals surface area (Å²) in [6.07, 6.45) is -6.02. The molecule has 82 valence electrons. The van der Waals surface area contributed by atoms with E-state index in [-0.39, 0.29) is 6.07 Å². The van der Waals surface area contributed by atoms with Crippen LogP contribution in [-0.4, -0.2) is 6.09 Å². The third-order valence-electron chi connectivity index (χ3n) is 1.42. The molecule has 3 nitrogen and oxygen atoms in total. The Labute approximate surface area is 81.4 Å². The molecule has 1 amide bonds. The topological polar surface area (TPSA) is 52.3 Å². The van der Waals surface area contributed by atoms with Crippen molar-refractivity contribution in [1.29, 1.82) is 0 Å². The van der Waals surface area contributed by atoms with E-state index in [0.717, 1.165) is 0 Å². The van der Waals surface area contributed by atoms with E-state index >= 15 is 0 Å². The van der Waals surface area contributed by atoms with Crippen LogP contribution in [0.4, 0.5) is 22.4 Å². The van der Waals surface area contributed by atoms with E-state index in [1.807, 2.05) is 0 Å². The first kappa shape index (κ1) is 11.3. The maximum absolute atomic E-state index is 12.7. The summed E-state index contributed by atoms with van der Waals surface area (Å²) in [5.41, 5.74) is 3.32. The van der Waals surface area contributed by atoms with Gasteiger partial charge in [0.05, 0.1) is 5.56 Å². The van der Waals surface area contributed by atoms with Gasteiger partial charge in [0.25, 0.3) is 0 Å². The fraction of sp³-hybridized carbons (Fsp3) is 0.125. The Hall–Kier alpha value is -1.79. The molecule has 0 aromatic heterocycles. The summed E-state index contributed by atoms with van der Waals surface area (Å²) in [6.45, 7) is 0. The van der Waals surface area contributed by atoms with Crippen LogP contribution in [0.15, 0.2) is 18.2 Å². The van der Waals surface area contributed by atoms with Crippen molar-refractivity contribution >= 4 is 6.09 Å². The van der Waals surface area contributed by atoms with Gasteiger partial charge in [-0.2, -0.15) is 13.2 Å². The molecule has 1 rings (SSSR count). The number of hydrogen-bond acceptors (Lipinski definition) is 2. The van der Waals surface area contributed by atoms with Gasteiger partial charge in [0.2, 0.25) is 0 Å². The third kappa shape index (κ3) is 3.12. The fourth-order valence-electron chi connectivity index (χ4n) is 0.901. The average Bonchev–Trinajstić information content (AvgIpc) is 1.99. The standard InChI is InChI=1S/C8H5F4NO2/c9-5-1-4(8(10,11)12)2-6(3-5)15-7(13)14/h1-3H,(H2,13,14). The van der Waals surface area contributed by atoms with Crippen molar-refractivity contribution in [3.05, 3.63) is 29.6 Å². The molecule has 7 heteroatoms. The molecule has 0 aliphatic carbocycles. The van der Waals surface area contributed by atoms with Crippen LogP contribution < -0.4 is 10.5 Å². The Morgan fingerprint density at radius 1 is 1.27 bits per heavy atom. The minimum absolute atomic E-state index is 0.286. The predicted octanol–water partition coefficient (Wildman–Crippen LogP) is 2.30. The lowest BCUT2D eigenvalue weighted by molar-refractivity contribution is -0.137. The number of rotatable bonds is 1. The lowest BCUT2D eigenvalue weighted by atomic mass is 10.2. The number of ether oxygens (including phenoxy) is 1. The SMILES string of the molecule is NC(=O)Oc1cc(F)cc(C(F)(F)F)c1. The highest BCUT2D eigenvalue weighted by molar-refractivity contribution is 5.68. The zero-order valence-corrected chi connectivity index (χ0v) is 7.14. The monoisotopic (exact) mass is 223 g/mol. The van der Waals surface area contributed by atoms with Crippen LogP contribution in [0.5, 0.6) is 5.75 Å². The van der Waals surface area contributed by atoms with Gasteiger partial charge in [-0.15, -0.1) is 0 Å². The molecular weight excluding hydrogens is 218 g/mol. The largest absolute Gasteiger partial charge is 0.416 e. The van der Waals surface area contributed by atoms with E-state index in [4.69, 9.17) is 0 Å². The first-order valence-electron chi connectivity index (χ1n) is 3.64. The molecule has 0 unspecified atom stereocenters. The zero-order chi connectivity index (χ0) is 11.6. The van der Waals surface area contributed by atoms with Gasteiger partial charge in [0.15, 0.2) is 0 Å². The molecule has 0 heterocycles. The van der Waals surface area contributed by atoms with Gasteiger partial charge in [0.1, 0.15) is 11.6 Å². The molecule has 0 saturated carbocycles. The number of primary amides is 1. The Morgan fingerprint density at radius 2 is 1.87 bits per heavy atom. The fourth-order valence-corrected chi connectivity index (χ4v) is 0.901. The van der Waals surface area contributed by atoms with Crippen molar-refractivity contribution in [2.45, 2.75) is 6.18 Å². The minimum atomic E-state index is -4.71. The third-order valence-corrected chi connectivity index (χ3v) is 1.42. The van der Waals surface area contributed by atoms with Gasteiger partial charge in [-0.05, 0) is 12.1 Å². The number of carbonyl (C=O) groups excluding carboxylic acids is 1. The average molecular weight is 223 g/mol. The lowest BCUT2D eigenvalue weighted by Gasteiger charge is -2.08. The molecule has 0 atom stereocenters. The highest BCUT2D eigenvalue weighted by Gasteiger charge is 2.31. The van der Waals surface area contributed by atoms with Crippen LogP contribution >= 0.6 is 0 Å². The molecule has 0 fully saturated rings. The van der Waals surface area contributed by atoms with Gasteiger partial charge in [0, 0.05) is 6.07 Å². The molecule has 0 radical (unpaired) electrons. The van der Waals surface area contributed by atoms with Crippen LogP contribution in [-0.2, 0) is 6.18 Å². The number of amides is 1. The Balaban J connectivity index is 3.11. The smallest absolute Gasteiger partial charge is 0.410 e. The van der Waals surface area contributed by atoms with Gasteiger partial charge in [-0.1, -0.05) is 0 Å². The molecular formula is C8H5F4NO2. The lowest BCUT2D eigenvalue weighted by Crippen LogP contribution is -2.17. The number of nitrogens with two attached hydrogens (primary N) is 1. The number of benzene rings is 1. The summed E-state index contributed by atoms with van der Waals surface area (Å²) in [6, 6.07) is 1.39. The van der Waals surface area contributed by atoms with Gasteiger partial charge in [-0.3, -0.25) is 0 Å². The minimum Gasteiger partial charge on any atom is -0.410 e. The molecule has 15 heavy (non-hydrogen) atoms. The van der Waals surface area contributed by atoms with E-state index < -0.39 is 29.4 Å². The molecule has 0 spiro atoms. The summed E-state index contributed by atoms with van der Waals surface area (Å²) in [5.74, 6) is -1.75. The van der Waals surface area contributed by atoms with E-state index in [9.17, 15) is 22.4 Å². The van der Waals surface area contributed by atoms with E-state index in [0.29, 0.717) is 12.1 Å². The van der Waals surface area contributed by atoms with Crippen LogP contribution in [0.1, 0.15) is 5.56 Å². The molecule has 0 saturated heterocycles. The Bertz CT molecular complexity index is 389. The normalized spacial score (nSPS) is 11.2. The highest BCUT2D eigenvalue weighted by Crippen LogP contribution is 2.32. The van der Waals surface area contributed by atoms with Crippen LogP contribution in [0.25, 0.3) is 0 Å². The number of hydrogen-bond donors (Lipinski definition) is 1. The molecule has 2 N–H and O–H groups in total. The number of halogens is 4. The van der Waals surface area contributed by atoms with Gasteiger partial charge in [-0.25, -0.2) is 9.18 Å². The van der Waals surface area contributed by atoms with Crippen LogP contribution in [0.2, 0.25) is 0 Å². The predicted molar refractivity (Wildman–Crippen MR) is 41.6 cm³/mol. The van der Waals surface area contributed by atoms with Crippen molar-refractivity contribution < 1.29 is 27.1 Å². The van der Waals surface area contributed by atoms with Crippen molar-refractivity contribution in [2.75, 3.05) is 0 Å². The summed E-state index contributed by atoms with van der Waals surface area (Å²) in [4.78, 5) is 10.2. The molecule has 0 aliphatic heterocycles. The summed E-state index contributed by atoms with van der Waals surface area (Å²) in [5, 5.41) is 0. The molecule has 1 aromatic carbocycles. The second-order valence-corrected chi connectivity index (χ2v) is 2.59. The second kappa shape index (κ2) is 3.76. The van der Waals surface area contributed by atoms with Crippen molar-refractivity contribution in [1.82, 2.24) is 0 Å². The first-order valence-corrected chi connectivity index (χ1v) is 3.64. The van der Waals surface area contributed by atoms with Crippen LogP contribution in [0, 0.1) is 5.82 Å². The quantitative estimate of drug-likeness (QED) is 0.742. The highest BCUT2D eigenvalue weighted by atomic mass is 19.4. The van der Waals surface area contributed by atoms with Gasteiger partial charge < -0.3 is 10.5 Å². The zero-order valence-electron chi connectivity index (χ0n) is 7.14. The van der Waals surface area contributed by atoms with E-state index in [2.05, 4.69) is 10.5 Å². The number of carbonyl (C=O) groups is 1. The van der Waals surface area contributed by atoms with Crippen LogP contribution in [0.3, 0.4) is 0 Å². The van der Waals surface area contributed by atoms with Crippen molar-refractivity contribution in [2.24, 2.45) is 5.73 Å². The Morgan fingerprint density at radius 3 is 2.33 bits per heavy atom. The first-order chi connectivity index (χ1) is 6.79. The Kier molecular flexibility index (Phi) is 2.83. The summed E-state index contributed by atoms with van der Waals surface area (Å²) >= 11 is 0. The van der Waals surface area contributed by atoms with Crippen molar-refractivity contribution in [3.63, 3.8) is 0 Å². The molecule has 0 aliphatic rings. The second-order valence-electron chi connectivity index (χ2n) is 2.59. The van der Waals surface area contributed by atoms with E-state index in [1.165, 1.54) is 0 Å².